The molecule has 0 spiro atoms. The maximum atomic E-state index is 13.1. The molecule has 0 aliphatic carbocycles. The number of carbonyl (C=O) groups excluding carboxylic acids is 4. The van der Waals surface area contributed by atoms with E-state index in [9.17, 15) is 24.3 Å². The number of hydrogen-bond acceptors (Lipinski definition) is 7. The fourth-order valence-corrected chi connectivity index (χ4v) is 3.33. The third-order valence-corrected chi connectivity index (χ3v) is 4.98. The first-order valence-corrected chi connectivity index (χ1v) is 10.7. The maximum Gasteiger partial charge on any atom is 0.243 e. The topological polar surface area (TPSA) is 239 Å². The molecule has 1 rings (SSSR count). The fraction of sp³-hybridized carbons (Fsp3) is 0.476. The summed E-state index contributed by atoms with van der Waals surface area (Å²) >= 11 is 0. The largest absolute Gasteiger partial charge is 0.508 e. The number of aromatic hydroxyl groups is 1. The Labute approximate surface area is 197 Å². The van der Waals surface area contributed by atoms with Gasteiger partial charge in [0.25, 0.3) is 0 Å². The van der Waals surface area contributed by atoms with Gasteiger partial charge in [-0.05, 0) is 55.5 Å². The van der Waals surface area contributed by atoms with Crippen molar-refractivity contribution in [1.29, 1.82) is 5.41 Å². The van der Waals surface area contributed by atoms with Crippen LogP contribution in [-0.4, -0.2) is 66.4 Å². The van der Waals surface area contributed by atoms with Crippen molar-refractivity contribution in [1.82, 2.24) is 21.3 Å². The molecule has 0 bridgehead atoms. The molecule has 1 aromatic carbocycles. The van der Waals surface area contributed by atoms with Gasteiger partial charge in [-0.1, -0.05) is 0 Å². The summed E-state index contributed by atoms with van der Waals surface area (Å²) in [4.78, 5) is 48.7. The lowest BCUT2D eigenvalue weighted by molar-refractivity contribution is -0.132. The van der Waals surface area contributed by atoms with Crippen LogP contribution in [0.3, 0.4) is 0 Å². The quantitative estimate of drug-likeness (QED) is 0.0821. The molecule has 0 aliphatic rings. The molecule has 0 fully saturated rings. The molecule has 1 aromatic rings. The number of carbonyl (C=O) groups is 4. The molecular formula is C21H34N8O5. The van der Waals surface area contributed by atoms with E-state index < -0.39 is 42.3 Å². The van der Waals surface area contributed by atoms with Crippen LogP contribution in [0.15, 0.2) is 12.1 Å². The Morgan fingerprint density at radius 2 is 1.62 bits per heavy atom. The van der Waals surface area contributed by atoms with E-state index in [1.807, 2.05) is 0 Å². The van der Waals surface area contributed by atoms with Gasteiger partial charge in [0.2, 0.25) is 23.6 Å². The zero-order chi connectivity index (χ0) is 25.8. The molecular weight excluding hydrogens is 444 g/mol. The molecule has 34 heavy (non-hydrogen) atoms. The predicted octanol–water partition coefficient (Wildman–Crippen LogP) is -2.66. The van der Waals surface area contributed by atoms with Crippen molar-refractivity contribution in [2.75, 3.05) is 19.6 Å². The summed E-state index contributed by atoms with van der Waals surface area (Å²) in [6.45, 7) is 3.07. The van der Waals surface area contributed by atoms with E-state index in [2.05, 4.69) is 21.3 Å². The molecule has 13 heteroatoms. The number of primary amides is 1. The zero-order valence-electron chi connectivity index (χ0n) is 19.4. The van der Waals surface area contributed by atoms with Gasteiger partial charge < -0.3 is 43.6 Å². The molecule has 0 radical (unpaired) electrons. The van der Waals surface area contributed by atoms with Crippen LogP contribution in [0, 0.1) is 19.3 Å². The number of phenols is 1. The first kappa shape index (κ1) is 28.2. The van der Waals surface area contributed by atoms with E-state index in [4.69, 9.17) is 22.6 Å². The van der Waals surface area contributed by atoms with E-state index in [1.54, 1.807) is 26.0 Å². The Kier molecular flexibility index (Phi) is 11.3. The molecule has 0 heterocycles. The van der Waals surface area contributed by atoms with Crippen LogP contribution in [0.2, 0.25) is 0 Å². The molecule has 2 atom stereocenters. The minimum atomic E-state index is -1.06. The summed E-state index contributed by atoms with van der Waals surface area (Å²) in [6, 6.07) is 0.994. The maximum absolute atomic E-state index is 13.1. The lowest BCUT2D eigenvalue weighted by atomic mass is 9.95. The first-order valence-electron chi connectivity index (χ1n) is 10.7. The molecule has 13 nitrogen and oxygen atoms in total. The van der Waals surface area contributed by atoms with Gasteiger partial charge in [-0.25, -0.2) is 0 Å². The van der Waals surface area contributed by atoms with Crippen molar-refractivity contribution in [3.8, 4) is 5.75 Å². The van der Waals surface area contributed by atoms with E-state index in [0.717, 1.165) is 16.7 Å². The Bertz CT molecular complexity index is 897. The molecule has 12 N–H and O–H groups in total. The standard InChI is InChI=1S/C21H34N8O5/c1-11-6-13(30)7-12(2)14(11)8-16(28-18(32)9-22)20(34)29-15(4-3-5-26-21(24)25)19(33)27-10-17(23)31/h6-7,15-16,30H,3-5,8-10,22H2,1-2H3,(H2,23,31)(H,27,33)(H,28,32)(H,29,34)(H4,24,25,26)/t15?,16-/m0/s1. The van der Waals surface area contributed by atoms with Crippen LogP contribution in [0.1, 0.15) is 29.5 Å². The van der Waals surface area contributed by atoms with Crippen molar-refractivity contribution in [3.63, 3.8) is 0 Å². The molecule has 188 valence electrons. The second kappa shape index (κ2) is 13.6. The highest BCUT2D eigenvalue weighted by atomic mass is 16.3. The van der Waals surface area contributed by atoms with Crippen LogP contribution in [0.25, 0.3) is 0 Å². The lowest BCUT2D eigenvalue weighted by Crippen LogP contribution is -2.55. The minimum Gasteiger partial charge on any atom is -0.508 e. The third kappa shape index (κ3) is 9.73. The van der Waals surface area contributed by atoms with Crippen LogP contribution >= 0.6 is 0 Å². The first-order chi connectivity index (χ1) is 15.9. The highest BCUT2D eigenvalue weighted by molar-refractivity contribution is 5.93. The van der Waals surface area contributed by atoms with Gasteiger partial charge in [0.15, 0.2) is 5.96 Å². The van der Waals surface area contributed by atoms with E-state index in [1.165, 1.54) is 0 Å². The van der Waals surface area contributed by atoms with Gasteiger partial charge in [0, 0.05) is 13.0 Å². The van der Waals surface area contributed by atoms with Crippen LogP contribution in [0.5, 0.6) is 5.75 Å². The van der Waals surface area contributed by atoms with Crippen LogP contribution in [-0.2, 0) is 25.6 Å². The molecule has 0 saturated heterocycles. The van der Waals surface area contributed by atoms with Gasteiger partial charge in [-0.2, -0.15) is 0 Å². The van der Waals surface area contributed by atoms with E-state index in [0.29, 0.717) is 6.42 Å². The highest BCUT2D eigenvalue weighted by Gasteiger charge is 2.27. The van der Waals surface area contributed by atoms with Crippen molar-refractivity contribution in [3.05, 3.63) is 28.8 Å². The number of rotatable bonds is 13. The zero-order valence-corrected chi connectivity index (χ0v) is 19.4. The van der Waals surface area contributed by atoms with Crippen molar-refractivity contribution in [2.45, 2.75) is 45.2 Å². The lowest BCUT2D eigenvalue weighted by Gasteiger charge is -2.24. The number of nitrogens with one attached hydrogen (secondary N) is 5. The number of hydrogen-bond donors (Lipinski definition) is 9. The highest BCUT2D eigenvalue weighted by Crippen LogP contribution is 2.22. The Balaban J connectivity index is 3.07. The van der Waals surface area contributed by atoms with Gasteiger partial charge in [-0.3, -0.25) is 24.6 Å². The summed E-state index contributed by atoms with van der Waals surface area (Å²) in [7, 11) is 0. The summed E-state index contributed by atoms with van der Waals surface area (Å²) < 4.78 is 0. The number of benzene rings is 1. The van der Waals surface area contributed by atoms with Crippen molar-refractivity contribution in [2.24, 2.45) is 17.2 Å². The Hall–Kier alpha value is -3.87. The van der Waals surface area contributed by atoms with Gasteiger partial charge in [0.05, 0.1) is 13.1 Å². The molecule has 0 saturated carbocycles. The summed E-state index contributed by atoms with van der Waals surface area (Å²) in [5.41, 5.74) is 17.9. The average Bonchev–Trinajstić information content (AvgIpc) is 2.74. The number of amides is 4. The number of phenolic OH excluding ortho intramolecular Hbond substituents is 1. The summed E-state index contributed by atoms with van der Waals surface area (Å²) in [6.07, 6.45) is 0.618. The second-order valence-corrected chi connectivity index (χ2v) is 7.81. The van der Waals surface area contributed by atoms with Gasteiger partial charge in [-0.15, -0.1) is 0 Å². The van der Waals surface area contributed by atoms with E-state index >= 15 is 0 Å². The second-order valence-electron chi connectivity index (χ2n) is 7.81. The third-order valence-electron chi connectivity index (χ3n) is 4.98. The molecule has 4 amide bonds. The Morgan fingerprint density at radius 1 is 1.00 bits per heavy atom. The average molecular weight is 479 g/mol. The normalized spacial score (nSPS) is 12.2. The molecule has 1 unspecified atom stereocenters. The van der Waals surface area contributed by atoms with Crippen LogP contribution in [0.4, 0.5) is 0 Å². The molecule has 0 aliphatic heterocycles. The number of aryl methyl sites for hydroxylation is 2. The van der Waals surface area contributed by atoms with Crippen molar-refractivity contribution < 1.29 is 24.3 Å². The summed E-state index contributed by atoms with van der Waals surface area (Å²) in [5, 5.41) is 27.1. The van der Waals surface area contributed by atoms with Crippen LogP contribution < -0.4 is 38.5 Å². The SMILES string of the molecule is Cc1cc(O)cc(C)c1C[C@H](NC(=O)CN)C(=O)NC(CCCNC(=N)N)C(=O)NCC(N)=O. The minimum absolute atomic E-state index is 0.0797. The fourth-order valence-electron chi connectivity index (χ4n) is 3.33. The van der Waals surface area contributed by atoms with E-state index in [-0.39, 0.29) is 37.6 Å². The summed E-state index contributed by atoms with van der Waals surface area (Å²) in [5.74, 6) is -2.72. The number of guanidine groups is 1. The number of nitrogens with two attached hydrogens (primary N) is 3. The molecule has 0 aromatic heterocycles. The van der Waals surface area contributed by atoms with Gasteiger partial charge in [0.1, 0.15) is 17.8 Å². The Morgan fingerprint density at radius 3 is 2.15 bits per heavy atom. The predicted molar refractivity (Wildman–Crippen MR) is 126 cm³/mol. The monoisotopic (exact) mass is 478 g/mol. The van der Waals surface area contributed by atoms with Crippen molar-refractivity contribution >= 4 is 29.6 Å². The van der Waals surface area contributed by atoms with Gasteiger partial charge >= 0.3 is 0 Å². The smallest absolute Gasteiger partial charge is 0.243 e.